The first kappa shape index (κ1) is 26.5. The normalized spacial score (nSPS) is 11.0. The first-order chi connectivity index (χ1) is 13.7. The average Bonchev–Trinajstić information content (AvgIpc) is 2.66. The molecule has 0 heterocycles. The molecule has 0 amide bonds. The van der Waals surface area contributed by atoms with Crippen molar-refractivity contribution in [3.8, 4) is 0 Å². The maximum Gasteiger partial charge on any atom is 0.307 e. The summed E-state index contributed by atoms with van der Waals surface area (Å²) in [6.45, 7) is 7.67. The van der Waals surface area contributed by atoms with E-state index in [1.165, 1.54) is 0 Å². The molecule has 10 heteroatoms. The monoisotopic (exact) mass is 416 g/mol. The largest absolute Gasteiger partial charge is 0.549 e. The molecule has 29 heavy (non-hydrogen) atoms. The van der Waals surface area contributed by atoms with Gasteiger partial charge in [0.15, 0.2) is 0 Å². The Hall–Kier alpha value is -2.46. The summed E-state index contributed by atoms with van der Waals surface area (Å²) in [5.41, 5.74) is -3.56. The van der Waals surface area contributed by atoms with E-state index in [0.29, 0.717) is 13.2 Å². The van der Waals surface area contributed by atoms with Gasteiger partial charge >= 0.3 is 11.9 Å². The Bertz CT molecular complexity index is 541. The topological polar surface area (TPSA) is 151 Å². The molecular weight excluding hydrogens is 388 g/mol. The van der Waals surface area contributed by atoms with Crippen LogP contribution in [0, 0.1) is 5.41 Å². The number of carbonyl (C=O) groups is 4. The summed E-state index contributed by atoms with van der Waals surface area (Å²) in [6, 6.07) is 0. The van der Waals surface area contributed by atoms with Gasteiger partial charge in [0.25, 0.3) is 0 Å². The molecule has 0 aliphatic heterocycles. The van der Waals surface area contributed by atoms with Gasteiger partial charge in [-0.3, -0.25) is 9.59 Å². The minimum atomic E-state index is -2.57. The van der Waals surface area contributed by atoms with Gasteiger partial charge in [0.1, 0.15) is 13.2 Å². The zero-order valence-corrected chi connectivity index (χ0v) is 16.9. The first-order valence-corrected chi connectivity index (χ1v) is 9.30. The number of carboxylic acid groups (broad SMARTS) is 2. The van der Waals surface area contributed by atoms with Crippen molar-refractivity contribution in [3.63, 3.8) is 0 Å². The fraction of sp³-hybridized carbons (Fsp3) is 0.684. The smallest absolute Gasteiger partial charge is 0.307 e. The molecule has 0 rings (SSSR count). The highest BCUT2D eigenvalue weighted by molar-refractivity contribution is 5.99. The van der Waals surface area contributed by atoms with Crippen LogP contribution in [0.15, 0.2) is 12.2 Å². The van der Waals surface area contributed by atoms with E-state index in [4.69, 9.17) is 18.9 Å². The molecule has 0 aromatic heterocycles. The van der Waals surface area contributed by atoms with Gasteiger partial charge in [0.2, 0.25) is 0 Å². The third-order valence-electron chi connectivity index (χ3n) is 3.79. The zero-order valence-electron chi connectivity index (χ0n) is 16.9. The number of carboxylic acids is 2. The number of ether oxygens (including phenoxy) is 4. The van der Waals surface area contributed by atoms with Crippen LogP contribution in [0.1, 0.15) is 39.5 Å². The van der Waals surface area contributed by atoms with Crippen molar-refractivity contribution in [1.82, 2.24) is 0 Å². The predicted octanol–water partition coefficient (Wildman–Crippen LogP) is -1.25. The second-order valence-corrected chi connectivity index (χ2v) is 6.15. The summed E-state index contributed by atoms with van der Waals surface area (Å²) in [5.74, 6) is -6.04. The van der Waals surface area contributed by atoms with Crippen LogP contribution in [0.3, 0.4) is 0 Å². The summed E-state index contributed by atoms with van der Waals surface area (Å²) in [4.78, 5) is 47.1. The standard InChI is InChI=1S/C19H30O10/c1-4-6-26-8-10-28-15(20)12-19(18(24)25,14(3)17(22)23)13-16(21)29-11-9-27-7-5-2/h3-13H2,1-2H3,(H,22,23)(H,24,25)/p-2. The van der Waals surface area contributed by atoms with E-state index < -0.39 is 47.7 Å². The highest BCUT2D eigenvalue weighted by Gasteiger charge is 2.41. The van der Waals surface area contributed by atoms with E-state index in [0.717, 1.165) is 12.8 Å². The predicted molar refractivity (Wildman–Crippen MR) is 95.0 cm³/mol. The van der Waals surface area contributed by atoms with E-state index in [2.05, 4.69) is 6.58 Å². The molecule has 0 aromatic carbocycles. The lowest BCUT2D eigenvalue weighted by molar-refractivity contribution is -0.322. The molecule has 0 unspecified atom stereocenters. The molecule has 0 saturated heterocycles. The van der Waals surface area contributed by atoms with Crippen LogP contribution in [0.4, 0.5) is 0 Å². The van der Waals surface area contributed by atoms with Gasteiger partial charge in [-0.15, -0.1) is 0 Å². The molecule has 10 nitrogen and oxygen atoms in total. The molecule has 0 spiro atoms. The van der Waals surface area contributed by atoms with Crippen LogP contribution in [0.5, 0.6) is 0 Å². The Balaban J connectivity index is 5.08. The third-order valence-corrected chi connectivity index (χ3v) is 3.79. The van der Waals surface area contributed by atoms with Crippen molar-refractivity contribution in [3.05, 3.63) is 12.2 Å². The molecular formula is C19H28O10-2. The van der Waals surface area contributed by atoms with Crippen LogP contribution < -0.4 is 10.2 Å². The highest BCUT2D eigenvalue weighted by atomic mass is 16.6. The summed E-state index contributed by atoms with van der Waals surface area (Å²) in [7, 11) is 0. The van der Waals surface area contributed by atoms with E-state index in [-0.39, 0.29) is 26.4 Å². The van der Waals surface area contributed by atoms with Gasteiger partial charge in [0.05, 0.1) is 43.4 Å². The van der Waals surface area contributed by atoms with Crippen molar-refractivity contribution in [1.29, 1.82) is 0 Å². The number of carbonyl (C=O) groups excluding carboxylic acids is 4. The summed E-state index contributed by atoms with van der Waals surface area (Å²) >= 11 is 0. The van der Waals surface area contributed by atoms with Crippen LogP contribution >= 0.6 is 0 Å². The number of hydrogen-bond acceptors (Lipinski definition) is 10. The van der Waals surface area contributed by atoms with Gasteiger partial charge in [-0.1, -0.05) is 20.4 Å². The second kappa shape index (κ2) is 14.5. The Morgan fingerprint density at radius 1 is 0.759 bits per heavy atom. The zero-order chi connectivity index (χ0) is 22.3. The fourth-order valence-corrected chi connectivity index (χ4v) is 2.26. The molecule has 0 bridgehead atoms. The number of rotatable bonds is 17. The number of esters is 2. The number of aliphatic carboxylic acids is 2. The van der Waals surface area contributed by atoms with Crippen LogP contribution in [0.2, 0.25) is 0 Å². The lowest BCUT2D eigenvalue weighted by atomic mass is 9.75. The summed E-state index contributed by atoms with van der Waals surface area (Å²) in [6.07, 6.45) is -0.452. The van der Waals surface area contributed by atoms with Gasteiger partial charge in [-0.05, 0) is 18.4 Å². The molecule has 0 fully saturated rings. The molecule has 0 aromatic rings. The lowest BCUT2D eigenvalue weighted by Crippen LogP contribution is -2.50. The number of hydrogen-bond donors (Lipinski definition) is 0. The summed E-state index contributed by atoms with van der Waals surface area (Å²) in [5, 5.41) is 23.0. The molecule has 0 aliphatic rings. The maximum absolute atomic E-state index is 12.0. The van der Waals surface area contributed by atoms with Crippen molar-refractivity contribution in [2.75, 3.05) is 39.6 Å². The van der Waals surface area contributed by atoms with Crippen LogP contribution in [-0.4, -0.2) is 63.5 Å². The minimum Gasteiger partial charge on any atom is -0.549 e. The maximum atomic E-state index is 12.0. The van der Waals surface area contributed by atoms with E-state index in [1.54, 1.807) is 0 Å². The molecule has 0 aliphatic carbocycles. The van der Waals surface area contributed by atoms with Gasteiger partial charge < -0.3 is 38.7 Å². The molecule has 0 N–H and O–H groups in total. The van der Waals surface area contributed by atoms with Crippen molar-refractivity contribution in [2.24, 2.45) is 5.41 Å². The third kappa shape index (κ3) is 10.0. The Morgan fingerprint density at radius 3 is 1.48 bits per heavy atom. The molecule has 0 atom stereocenters. The van der Waals surface area contributed by atoms with Crippen LogP contribution in [-0.2, 0) is 38.1 Å². The van der Waals surface area contributed by atoms with Crippen molar-refractivity contribution < 1.29 is 48.3 Å². The molecule has 166 valence electrons. The lowest BCUT2D eigenvalue weighted by Gasteiger charge is -2.35. The van der Waals surface area contributed by atoms with Crippen molar-refractivity contribution in [2.45, 2.75) is 39.5 Å². The van der Waals surface area contributed by atoms with E-state index in [9.17, 15) is 29.4 Å². The van der Waals surface area contributed by atoms with Crippen LogP contribution in [0.25, 0.3) is 0 Å². The average molecular weight is 416 g/mol. The first-order valence-electron chi connectivity index (χ1n) is 9.30. The van der Waals surface area contributed by atoms with E-state index in [1.807, 2.05) is 13.8 Å². The summed E-state index contributed by atoms with van der Waals surface area (Å²) < 4.78 is 19.9. The van der Waals surface area contributed by atoms with Crippen molar-refractivity contribution >= 4 is 23.9 Å². The van der Waals surface area contributed by atoms with Gasteiger partial charge in [-0.2, -0.15) is 0 Å². The minimum absolute atomic E-state index is 0.0825. The highest BCUT2D eigenvalue weighted by Crippen LogP contribution is 2.35. The SMILES string of the molecule is C=C(C(=O)[O-])C(CC(=O)OCCOCCC)(CC(=O)OCCOCCC)C(=O)[O-]. The fourth-order valence-electron chi connectivity index (χ4n) is 2.26. The second-order valence-electron chi connectivity index (χ2n) is 6.15. The van der Waals surface area contributed by atoms with Gasteiger partial charge in [-0.25, -0.2) is 0 Å². The Labute approximate surface area is 169 Å². The van der Waals surface area contributed by atoms with Gasteiger partial charge in [0, 0.05) is 13.2 Å². The Kier molecular flexibility index (Phi) is 13.3. The quantitative estimate of drug-likeness (QED) is 0.160. The van der Waals surface area contributed by atoms with E-state index >= 15 is 0 Å². The molecule has 0 radical (unpaired) electrons. The Morgan fingerprint density at radius 2 is 1.17 bits per heavy atom. The molecule has 0 saturated carbocycles.